The van der Waals surface area contributed by atoms with Gasteiger partial charge in [-0.25, -0.2) is 0 Å². The van der Waals surface area contributed by atoms with Gasteiger partial charge in [-0.1, -0.05) is 65.1 Å². The van der Waals surface area contributed by atoms with E-state index in [1.54, 1.807) is 54.6 Å². The van der Waals surface area contributed by atoms with Crippen LogP contribution in [0.4, 0.5) is 13.2 Å². The fraction of sp³-hybridized carbons (Fsp3) is 0.107. The Morgan fingerprint density at radius 2 is 1.43 bits per heavy atom. The van der Waals surface area contributed by atoms with E-state index in [4.69, 9.17) is 39.5 Å². The second kappa shape index (κ2) is 11.5. The van der Waals surface area contributed by atoms with Gasteiger partial charge in [0.25, 0.3) is 5.91 Å². The fourth-order valence-electron chi connectivity index (χ4n) is 3.58. The lowest BCUT2D eigenvalue weighted by Gasteiger charge is -2.21. The van der Waals surface area contributed by atoms with Crippen molar-refractivity contribution < 1.29 is 22.7 Å². The molecule has 9 heteroatoms. The van der Waals surface area contributed by atoms with Gasteiger partial charge in [-0.3, -0.25) is 4.79 Å². The molecule has 37 heavy (non-hydrogen) atoms. The summed E-state index contributed by atoms with van der Waals surface area (Å²) in [5.41, 5.74) is 1.69. The number of nitrogens with one attached hydrogen (secondary N) is 1. The number of alkyl halides is 3. The molecule has 0 bridgehead atoms. The van der Waals surface area contributed by atoms with Crippen LogP contribution in [0.3, 0.4) is 0 Å². The lowest BCUT2D eigenvalue weighted by Crippen LogP contribution is -2.22. The maximum Gasteiger partial charge on any atom is 0.416 e. The molecule has 0 spiro atoms. The highest BCUT2D eigenvalue weighted by Crippen LogP contribution is 2.35. The van der Waals surface area contributed by atoms with Crippen molar-refractivity contribution in [2.75, 3.05) is 0 Å². The molecule has 0 saturated carbocycles. The quantitative estimate of drug-likeness (QED) is 0.244. The Labute approximate surface area is 226 Å². The number of carbonyl (C=O) groups is 1. The molecule has 0 aliphatic heterocycles. The highest BCUT2D eigenvalue weighted by atomic mass is 35.5. The molecule has 0 fully saturated rings. The summed E-state index contributed by atoms with van der Waals surface area (Å²) in [7, 11) is 0. The molecule has 3 nitrogen and oxygen atoms in total. The van der Waals surface area contributed by atoms with Crippen molar-refractivity contribution in [2.45, 2.75) is 18.8 Å². The first-order valence-electron chi connectivity index (χ1n) is 11.0. The van der Waals surface area contributed by atoms with Crippen LogP contribution >= 0.6 is 34.8 Å². The van der Waals surface area contributed by atoms with Crippen molar-refractivity contribution >= 4 is 40.7 Å². The third-order valence-corrected chi connectivity index (χ3v) is 6.34. The third-order valence-electron chi connectivity index (χ3n) is 5.52. The predicted molar refractivity (Wildman–Crippen MR) is 139 cm³/mol. The second-order valence-electron chi connectivity index (χ2n) is 8.12. The highest BCUT2D eigenvalue weighted by molar-refractivity contribution is 6.35. The van der Waals surface area contributed by atoms with E-state index in [1.165, 1.54) is 12.1 Å². The minimum absolute atomic E-state index is 0.0862. The van der Waals surface area contributed by atoms with Crippen molar-refractivity contribution in [1.29, 1.82) is 0 Å². The van der Waals surface area contributed by atoms with Crippen LogP contribution in [0.1, 0.15) is 38.7 Å². The lowest BCUT2D eigenvalue weighted by molar-refractivity contribution is -0.137. The average molecular weight is 565 g/mol. The van der Waals surface area contributed by atoms with Gasteiger partial charge >= 0.3 is 6.18 Å². The van der Waals surface area contributed by atoms with Crippen LogP contribution in [-0.4, -0.2) is 5.91 Å². The van der Waals surface area contributed by atoms with Crippen molar-refractivity contribution in [1.82, 2.24) is 5.32 Å². The predicted octanol–water partition coefficient (Wildman–Crippen LogP) is 8.76. The first-order chi connectivity index (χ1) is 17.6. The molecule has 1 unspecified atom stereocenters. The van der Waals surface area contributed by atoms with Crippen molar-refractivity contribution in [3.05, 3.63) is 134 Å². The van der Waals surface area contributed by atoms with E-state index in [9.17, 15) is 18.0 Å². The van der Waals surface area contributed by atoms with Crippen LogP contribution in [0.2, 0.25) is 15.1 Å². The van der Waals surface area contributed by atoms with Crippen molar-refractivity contribution in [3.63, 3.8) is 0 Å². The van der Waals surface area contributed by atoms with Crippen LogP contribution in [0.25, 0.3) is 0 Å². The molecular weight excluding hydrogens is 546 g/mol. The minimum atomic E-state index is -4.41. The van der Waals surface area contributed by atoms with Gasteiger partial charge in [-0.2, -0.15) is 13.2 Å². The number of rotatable bonds is 7. The van der Waals surface area contributed by atoms with Gasteiger partial charge in [0, 0.05) is 32.7 Å². The zero-order valence-electron chi connectivity index (χ0n) is 19.0. The summed E-state index contributed by atoms with van der Waals surface area (Å²) in [5, 5.41) is 4.21. The number of hydrogen-bond donors (Lipinski definition) is 1. The smallest absolute Gasteiger partial charge is 0.416 e. The standard InChI is InChI=1S/C28H19Cl3F3NO2/c29-21-9-3-18(4-10-21)26(24-14-11-22(30)15-25(24)31)37-23-12-5-19(6-13-23)27(36)35-16-17-1-7-20(8-2-17)28(32,33)34/h1-15,26H,16H2,(H,35,36). The maximum absolute atomic E-state index is 12.7. The lowest BCUT2D eigenvalue weighted by atomic mass is 10.0. The molecule has 4 rings (SSSR count). The molecule has 190 valence electrons. The average Bonchev–Trinajstić information content (AvgIpc) is 2.87. The second-order valence-corrected chi connectivity index (χ2v) is 9.40. The summed E-state index contributed by atoms with van der Waals surface area (Å²) < 4.78 is 44.4. The van der Waals surface area contributed by atoms with E-state index >= 15 is 0 Å². The molecule has 0 aliphatic carbocycles. The summed E-state index contributed by atoms with van der Waals surface area (Å²) in [6.45, 7) is 0.0862. The van der Waals surface area contributed by atoms with E-state index in [1.807, 2.05) is 12.1 Å². The molecule has 0 heterocycles. The normalized spacial score (nSPS) is 12.2. The third kappa shape index (κ3) is 6.98. The number of benzene rings is 4. The summed E-state index contributed by atoms with van der Waals surface area (Å²) in [5.74, 6) is 0.117. The van der Waals surface area contributed by atoms with Crippen molar-refractivity contribution in [2.24, 2.45) is 0 Å². The van der Waals surface area contributed by atoms with E-state index < -0.39 is 17.8 Å². The molecule has 1 N–H and O–H groups in total. The number of carbonyl (C=O) groups excluding carboxylic acids is 1. The zero-order chi connectivity index (χ0) is 26.6. The highest BCUT2D eigenvalue weighted by Gasteiger charge is 2.29. The molecule has 4 aromatic carbocycles. The van der Waals surface area contributed by atoms with Crippen LogP contribution < -0.4 is 10.1 Å². The first kappa shape index (κ1) is 26.9. The van der Waals surface area contributed by atoms with Gasteiger partial charge in [0.15, 0.2) is 6.10 Å². The number of ether oxygens (including phenoxy) is 1. The monoisotopic (exact) mass is 563 g/mol. The first-order valence-corrected chi connectivity index (χ1v) is 12.1. The van der Waals surface area contributed by atoms with E-state index in [0.29, 0.717) is 37.5 Å². The summed E-state index contributed by atoms with van der Waals surface area (Å²) in [6, 6.07) is 23.4. The summed E-state index contributed by atoms with van der Waals surface area (Å²) in [4.78, 5) is 12.6. The Hall–Kier alpha value is -3.19. The topological polar surface area (TPSA) is 38.3 Å². The minimum Gasteiger partial charge on any atom is -0.481 e. The molecule has 0 radical (unpaired) electrons. The molecule has 0 aromatic heterocycles. The van der Waals surface area contributed by atoms with E-state index in [0.717, 1.165) is 17.7 Å². The van der Waals surface area contributed by atoms with E-state index in [-0.39, 0.29) is 12.5 Å². The molecule has 0 saturated heterocycles. The van der Waals surface area contributed by atoms with Gasteiger partial charge < -0.3 is 10.1 Å². The SMILES string of the molecule is O=C(NCc1ccc(C(F)(F)F)cc1)c1ccc(OC(c2ccc(Cl)cc2)c2ccc(Cl)cc2Cl)cc1. The molecule has 1 atom stereocenters. The number of hydrogen-bond acceptors (Lipinski definition) is 2. The van der Waals surface area contributed by atoms with Gasteiger partial charge in [-0.05, 0) is 71.8 Å². The van der Waals surface area contributed by atoms with E-state index in [2.05, 4.69) is 5.32 Å². The Kier molecular flexibility index (Phi) is 8.32. The van der Waals surface area contributed by atoms with Crippen LogP contribution in [0.15, 0.2) is 91.0 Å². The maximum atomic E-state index is 12.7. The van der Waals surface area contributed by atoms with Gasteiger partial charge in [0.1, 0.15) is 5.75 Å². The largest absolute Gasteiger partial charge is 0.481 e. The Balaban J connectivity index is 1.46. The van der Waals surface area contributed by atoms with Crippen LogP contribution in [0, 0.1) is 0 Å². The Morgan fingerprint density at radius 3 is 2.03 bits per heavy atom. The van der Waals surface area contributed by atoms with Crippen LogP contribution in [-0.2, 0) is 12.7 Å². The van der Waals surface area contributed by atoms with Gasteiger partial charge in [-0.15, -0.1) is 0 Å². The van der Waals surface area contributed by atoms with Gasteiger partial charge in [0.05, 0.1) is 5.56 Å². The molecule has 4 aromatic rings. The number of amides is 1. The molecule has 1 amide bonds. The Morgan fingerprint density at radius 1 is 0.811 bits per heavy atom. The van der Waals surface area contributed by atoms with Crippen molar-refractivity contribution in [3.8, 4) is 5.75 Å². The fourth-order valence-corrected chi connectivity index (χ4v) is 4.21. The Bertz CT molecular complexity index is 1370. The zero-order valence-corrected chi connectivity index (χ0v) is 21.3. The van der Waals surface area contributed by atoms with Gasteiger partial charge in [0.2, 0.25) is 0 Å². The van der Waals surface area contributed by atoms with Crippen LogP contribution in [0.5, 0.6) is 5.75 Å². The molecule has 0 aliphatic rings. The molecular formula is C28H19Cl3F3NO2. The summed E-state index contributed by atoms with van der Waals surface area (Å²) >= 11 is 18.6. The summed E-state index contributed by atoms with van der Waals surface area (Å²) in [6.07, 6.45) is -4.97. The number of halogens is 6.